The van der Waals surface area contributed by atoms with E-state index >= 15 is 0 Å². The van der Waals surface area contributed by atoms with Crippen LogP contribution in [0.25, 0.3) is 0 Å². The van der Waals surface area contributed by atoms with Gasteiger partial charge in [-0.1, -0.05) is 23.8 Å². The number of nitrogens with one attached hydrogen (secondary N) is 1. The lowest BCUT2D eigenvalue weighted by Gasteiger charge is -2.12. The number of carbonyl (C=O) groups is 1. The molecule has 4 heteroatoms. The summed E-state index contributed by atoms with van der Waals surface area (Å²) in [6.45, 7) is 3.99. The molecule has 0 heterocycles. The SMILES string of the molecule is CSc1cccc(NC(=O)[C@@H](C)Sc2ccc(C)cc2)c1. The summed E-state index contributed by atoms with van der Waals surface area (Å²) in [6, 6.07) is 16.1. The van der Waals surface area contributed by atoms with Crippen LogP contribution in [0, 0.1) is 6.92 Å². The molecule has 0 aliphatic carbocycles. The summed E-state index contributed by atoms with van der Waals surface area (Å²) >= 11 is 3.24. The van der Waals surface area contributed by atoms with Crippen molar-refractivity contribution >= 4 is 35.1 Å². The van der Waals surface area contributed by atoms with Crippen LogP contribution < -0.4 is 5.32 Å². The zero-order valence-corrected chi connectivity index (χ0v) is 14.1. The number of aryl methyl sites for hydroxylation is 1. The second-order valence-electron chi connectivity index (χ2n) is 4.79. The second-order valence-corrected chi connectivity index (χ2v) is 7.09. The minimum Gasteiger partial charge on any atom is -0.325 e. The minimum absolute atomic E-state index is 0.0267. The predicted octanol–water partition coefficient (Wildman–Crippen LogP) is 4.84. The Morgan fingerprint density at radius 3 is 2.48 bits per heavy atom. The molecule has 0 fully saturated rings. The van der Waals surface area contributed by atoms with Gasteiger partial charge in [0, 0.05) is 15.5 Å². The lowest BCUT2D eigenvalue weighted by Crippen LogP contribution is -2.22. The Morgan fingerprint density at radius 1 is 1.10 bits per heavy atom. The molecule has 2 rings (SSSR count). The van der Waals surface area contributed by atoms with Gasteiger partial charge >= 0.3 is 0 Å². The van der Waals surface area contributed by atoms with Crippen LogP contribution in [0.15, 0.2) is 58.3 Å². The number of rotatable bonds is 5. The van der Waals surface area contributed by atoms with E-state index in [1.807, 2.05) is 37.4 Å². The van der Waals surface area contributed by atoms with E-state index in [0.29, 0.717) is 0 Å². The van der Waals surface area contributed by atoms with Gasteiger partial charge in [-0.05, 0) is 50.4 Å². The van der Waals surface area contributed by atoms with Crippen molar-refractivity contribution in [3.63, 3.8) is 0 Å². The lowest BCUT2D eigenvalue weighted by molar-refractivity contribution is -0.115. The van der Waals surface area contributed by atoms with Crippen LogP contribution in [0.2, 0.25) is 0 Å². The van der Waals surface area contributed by atoms with Gasteiger partial charge in [0.05, 0.1) is 5.25 Å². The third-order valence-electron chi connectivity index (χ3n) is 3.04. The molecular formula is C17H19NOS2. The minimum atomic E-state index is -0.134. The van der Waals surface area contributed by atoms with Gasteiger partial charge in [0.15, 0.2) is 0 Å². The molecule has 0 unspecified atom stereocenters. The largest absolute Gasteiger partial charge is 0.325 e. The summed E-state index contributed by atoms with van der Waals surface area (Å²) in [4.78, 5) is 14.5. The van der Waals surface area contributed by atoms with Gasteiger partial charge in [0.1, 0.15) is 0 Å². The predicted molar refractivity (Wildman–Crippen MR) is 93.4 cm³/mol. The van der Waals surface area contributed by atoms with Crippen LogP contribution in [0.4, 0.5) is 5.69 Å². The molecule has 0 spiro atoms. The van der Waals surface area contributed by atoms with Crippen LogP contribution in [-0.2, 0) is 4.79 Å². The molecule has 110 valence electrons. The molecule has 2 aromatic rings. The maximum absolute atomic E-state index is 12.2. The van der Waals surface area contributed by atoms with E-state index in [2.05, 4.69) is 36.5 Å². The van der Waals surface area contributed by atoms with E-state index in [1.54, 1.807) is 23.5 Å². The average Bonchev–Trinajstić information content (AvgIpc) is 2.49. The Labute approximate surface area is 134 Å². The molecule has 0 aliphatic heterocycles. The maximum Gasteiger partial charge on any atom is 0.237 e. The summed E-state index contributed by atoms with van der Waals surface area (Å²) in [5.41, 5.74) is 2.08. The molecule has 0 aromatic heterocycles. The van der Waals surface area contributed by atoms with Crippen molar-refractivity contribution in [2.45, 2.75) is 28.9 Å². The second kappa shape index (κ2) is 7.57. The van der Waals surface area contributed by atoms with E-state index < -0.39 is 0 Å². The van der Waals surface area contributed by atoms with Crippen LogP contribution in [0.1, 0.15) is 12.5 Å². The van der Waals surface area contributed by atoms with Gasteiger partial charge in [-0.2, -0.15) is 0 Å². The van der Waals surface area contributed by atoms with Crippen LogP contribution in [0.5, 0.6) is 0 Å². The van der Waals surface area contributed by atoms with E-state index in [4.69, 9.17) is 0 Å². The zero-order valence-electron chi connectivity index (χ0n) is 12.4. The van der Waals surface area contributed by atoms with E-state index in [9.17, 15) is 4.79 Å². The molecule has 0 saturated carbocycles. The number of benzene rings is 2. The Kier molecular flexibility index (Phi) is 5.76. The topological polar surface area (TPSA) is 29.1 Å². The van der Waals surface area contributed by atoms with Crippen molar-refractivity contribution in [2.75, 3.05) is 11.6 Å². The number of anilines is 1. The van der Waals surface area contributed by atoms with Crippen molar-refractivity contribution in [1.29, 1.82) is 0 Å². The third-order valence-corrected chi connectivity index (χ3v) is 4.88. The van der Waals surface area contributed by atoms with E-state index in [-0.39, 0.29) is 11.2 Å². The monoisotopic (exact) mass is 317 g/mol. The highest BCUT2D eigenvalue weighted by Gasteiger charge is 2.14. The smallest absolute Gasteiger partial charge is 0.237 e. The number of amides is 1. The third kappa shape index (κ3) is 4.83. The lowest BCUT2D eigenvalue weighted by atomic mass is 10.2. The van der Waals surface area contributed by atoms with Gasteiger partial charge in [0.2, 0.25) is 5.91 Å². The highest BCUT2D eigenvalue weighted by Crippen LogP contribution is 2.25. The van der Waals surface area contributed by atoms with Crippen molar-refractivity contribution in [3.8, 4) is 0 Å². The first-order valence-corrected chi connectivity index (χ1v) is 8.87. The molecule has 1 atom stereocenters. The first-order valence-electron chi connectivity index (χ1n) is 6.77. The molecule has 0 bridgehead atoms. The number of thioether (sulfide) groups is 2. The summed E-state index contributed by atoms with van der Waals surface area (Å²) in [5, 5.41) is 2.84. The summed E-state index contributed by atoms with van der Waals surface area (Å²) in [7, 11) is 0. The quantitative estimate of drug-likeness (QED) is 0.800. The van der Waals surface area contributed by atoms with Crippen molar-refractivity contribution in [2.24, 2.45) is 0 Å². The van der Waals surface area contributed by atoms with Crippen LogP contribution >= 0.6 is 23.5 Å². The van der Waals surface area contributed by atoms with Gasteiger partial charge in [-0.25, -0.2) is 0 Å². The number of hydrogen-bond acceptors (Lipinski definition) is 3. The van der Waals surface area contributed by atoms with Crippen molar-refractivity contribution in [1.82, 2.24) is 0 Å². The van der Waals surface area contributed by atoms with Gasteiger partial charge in [-0.3, -0.25) is 4.79 Å². The summed E-state index contributed by atoms with van der Waals surface area (Å²) in [5.74, 6) is 0.0267. The Morgan fingerprint density at radius 2 is 1.81 bits per heavy atom. The van der Waals surface area contributed by atoms with Crippen LogP contribution in [0.3, 0.4) is 0 Å². The highest BCUT2D eigenvalue weighted by atomic mass is 32.2. The van der Waals surface area contributed by atoms with Crippen molar-refractivity contribution < 1.29 is 4.79 Å². The summed E-state index contributed by atoms with van der Waals surface area (Å²) < 4.78 is 0. The first kappa shape index (κ1) is 16.0. The molecule has 21 heavy (non-hydrogen) atoms. The zero-order chi connectivity index (χ0) is 15.2. The molecule has 1 amide bonds. The molecule has 2 aromatic carbocycles. The first-order chi connectivity index (χ1) is 10.1. The van der Waals surface area contributed by atoms with E-state index in [1.165, 1.54) is 5.56 Å². The normalized spacial score (nSPS) is 12.0. The van der Waals surface area contributed by atoms with Gasteiger partial charge < -0.3 is 5.32 Å². The summed E-state index contributed by atoms with van der Waals surface area (Å²) in [6.07, 6.45) is 2.02. The molecule has 0 radical (unpaired) electrons. The number of carbonyl (C=O) groups excluding carboxylic acids is 1. The highest BCUT2D eigenvalue weighted by molar-refractivity contribution is 8.00. The molecule has 0 aliphatic rings. The fourth-order valence-electron chi connectivity index (χ4n) is 1.82. The maximum atomic E-state index is 12.2. The number of hydrogen-bond donors (Lipinski definition) is 1. The fourth-order valence-corrected chi connectivity index (χ4v) is 3.15. The van der Waals surface area contributed by atoms with E-state index in [0.717, 1.165) is 15.5 Å². The molecule has 2 nitrogen and oxygen atoms in total. The Bertz CT molecular complexity index is 610. The average molecular weight is 317 g/mol. The van der Waals surface area contributed by atoms with Gasteiger partial charge in [-0.15, -0.1) is 23.5 Å². The standard InChI is InChI=1S/C17H19NOS2/c1-12-7-9-15(10-8-12)21-13(2)17(19)18-14-5-4-6-16(11-14)20-3/h4-11,13H,1-3H3,(H,18,19)/t13-/m1/s1. The van der Waals surface area contributed by atoms with Crippen molar-refractivity contribution in [3.05, 3.63) is 54.1 Å². The Hall–Kier alpha value is -1.39. The molecule has 0 saturated heterocycles. The van der Waals surface area contributed by atoms with Crippen LogP contribution in [-0.4, -0.2) is 17.4 Å². The van der Waals surface area contributed by atoms with Gasteiger partial charge in [0.25, 0.3) is 0 Å². The molecule has 1 N–H and O–H groups in total. The molecular weight excluding hydrogens is 298 g/mol. The Balaban J connectivity index is 1.97. The fraction of sp³-hybridized carbons (Fsp3) is 0.235.